The Kier molecular flexibility index (Phi) is 4.46. The van der Waals surface area contributed by atoms with Crippen LogP contribution in [0.15, 0.2) is 84.9 Å². The number of aromatic nitrogens is 2. The summed E-state index contributed by atoms with van der Waals surface area (Å²) in [4.78, 5) is 0. The molecule has 0 saturated carbocycles. The highest BCUT2D eigenvalue weighted by Gasteiger charge is 2.16. The van der Waals surface area contributed by atoms with Crippen LogP contribution in [-0.2, 0) is 0 Å². The monoisotopic (exact) mass is 360 g/mol. The van der Waals surface area contributed by atoms with Crippen molar-refractivity contribution in [2.75, 3.05) is 7.11 Å². The number of hydrogen-bond acceptors (Lipinski definition) is 2. The van der Waals surface area contributed by atoms with Crippen molar-refractivity contribution < 1.29 is 4.74 Å². The van der Waals surface area contributed by atoms with Crippen LogP contribution in [0.3, 0.4) is 0 Å². The van der Waals surface area contributed by atoms with Gasteiger partial charge in [0.05, 0.1) is 29.2 Å². The van der Waals surface area contributed by atoms with E-state index in [1.165, 1.54) is 0 Å². The smallest absolute Gasteiger partial charge is 0.128 e. The zero-order valence-corrected chi connectivity index (χ0v) is 15.0. The molecule has 3 aromatic carbocycles. The van der Waals surface area contributed by atoms with Crippen LogP contribution in [-0.4, -0.2) is 16.9 Å². The molecule has 1 aromatic heterocycles. The molecule has 4 aromatic rings. The number of rotatable bonds is 4. The van der Waals surface area contributed by atoms with E-state index in [1.54, 1.807) is 7.11 Å². The molecular formula is C22H17ClN2O. The minimum absolute atomic E-state index is 0.652. The Balaban J connectivity index is 1.96. The number of hydrogen-bond donors (Lipinski definition) is 0. The molecule has 0 spiro atoms. The van der Waals surface area contributed by atoms with Gasteiger partial charge in [-0.2, -0.15) is 5.10 Å². The fourth-order valence-corrected chi connectivity index (χ4v) is 3.21. The Labute approximate surface area is 157 Å². The molecule has 0 bridgehead atoms. The summed E-state index contributed by atoms with van der Waals surface area (Å²) in [6.45, 7) is 0. The van der Waals surface area contributed by atoms with E-state index in [-0.39, 0.29) is 0 Å². The minimum Gasteiger partial charge on any atom is -0.496 e. The highest BCUT2D eigenvalue weighted by molar-refractivity contribution is 6.32. The summed E-state index contributed by atoms with van der Waals surface area (Å²) < 4.78 is 7.40. The molecule has 0 aliphatic rings. The lowest BCUT2D eigenvalue weighted by molar-refractivity contribution is 0.416. The highest BCUT2D eigenvalue weighted by atomic mass is 35.5. The van der Waals surface area contributed by atoms with Gasteiger partial charge in [-0.05, 0) is 30.3 Å². The molecule has 0 aliphatic heterocycles. The van der Waals surface area contributed by atoms with Crippen molar-refractivity contribution in [3.63, 3.8) is 0 Å². The number of halogens is 1. The molecular weight excluding hydrogens is 344 g/mol. The number of para-hydroxylation sites is 2. The fourth-order valence-electron chi connectivity index (χ4n) is 2.99. The predicted molar refractivity (Wildman–Crippen MR) is 106 cm³/mol. The summed E-state index contributed by atoms with van der Waals surface area (Å²) in [7, 11) is 1.67. The summed E-state index contributed by atoms with van der Waals surface area (Å²) in [5.74, 6) is 0.788. The molecule has 0 aliphatic carbocycles. The van der Waals surface area contributed by atoms with Gasteiger partial charge >= 0.3 is 0 Å². The molecule has 1 heterocycles. The van der Waals surface area contributed by atoms with Crippen LogP contribution in [0, 0.1) is 0 Å². The maximum atomic E-state index is 6.45. The van der Waals surface area contributed by atoms with Crippen LogP contribution in [0.4, 0.5) is 0 Å². The summed E-state index contributed by atoms with van der Waals surface area (Å²) in [6, 6.07) is 27.8. The first-order chi connectivity index (χ1) is 12.8. The van der Waals surface area contributed by atoms with Gasteiger partial charge in [0.25, 0.3) is 0 Å². The van der Waals surface area contributed by atoms with Gasteiger partial charge in [-0.25, -0.2) is 4.68 Å². The lowest BCUT2D eigenvalue weighted by Gasteiger charge is -2.09. The first-order valence-corrected chi connectivity index (χ1v) is 8.69. The lowest BCUT2D eigenvalue weighted by atomic mass is 10.1. The average molecular weight is 361 g/mol. The fraction of sp³-hybridized carbons (Fsp3) is 0.0455. The number of nitrogens with zero attached hydrogens (tertiary/aromatic N) is 2. The Morgan fingerprint density at radius 1 is 0.846 bits per heavy atom. The lowest BCUT2D eigenvalue weighted by Crippen LogP contribution is -2.00. The van der Waals surface area contributed by atoms with Gasteiger partial charge in [-0.1, -0.05) is 66.2 Å². The van der Waals surface area contributed by atoms with Crippen LogP contribution in [0.1, 0.15) is 0 Å². The standard InChI is InChI=1S/C22H17ClN2O/c1-26-22-14-8-5-11-17(22)19-15-21(16-9-3-2-4-10-16)25(24-19)20-13-7-6-12-18(20)23/h2-15H,1H3. The van der Waals surface area contributed by atoms with E-state index in [2.05, 4.69) is 18.2 Å². The molecule has 4 heteroatoms. The van der Waals surface area contributed by atoms with Crippen molar-refractivity contribution >= 4 is 11.6 Å². The maximum absolute atomic E-state index is 6.45. The van der Waals surface area contributed by atoms with Crippen LogP contribution in [0.2, 0.25) is 5.02 Å². The van der Waals surface area contributed by atoms with Crippen molar-refractivity contribution in [3.8, 4) is 34.0 Å². The van der Waals surface area contributed by atoms with Gasteiger partial charge in [0.1, 0.15) is 5.75 Å². The van der Waals surface area contributed by atoms with Crippen LogP contribution in [0.5, 0.6) is 5.75 Å². The average Bonchev–Trinajstić information content (AvgIpc) is 3.14. The van der Waals surface area contributed by atoms with E-state index in [0.717, 1.165) is 34.0 Å². The molecule has 0 unspecified atom stereocenters. The zero-order chi connectivity index (χ0) is 17.9. The van der Waals surface area contributed by atoms with Gasteiger partial charge < -0.3 is 4.74 Å². The number of methoxy groups -OCH3 is 1. The van der Waals surface area contributed by atoms with E-state index < -0.39 is 0 Å². The second-order valence-corrected chi connectivity index (χ2v) is 6.25. The summed E-state index contributed by atoms with van der Waals surface area (Å²) >= 11 is 6.45. The van der Waals surface area contributed by atoms with Gasteiger partial charge in [0, 0.05) is 11.1 Å². The number of ether oxygens (including phenoxy) is 1. The van der Waals surface area contributed by atoms with E-state index in [0.29, 0.717) is 5.02 Å². The van der Waals surface area contributed by atoms with E-state index in [1.807, 2.05) is 71.4 Å². The molecule has 4 rings (SSSR count). The van der Waals surface area contributed by atoms with Gasteiger partial charge in [-0.3, -0.25) is 0 Å². The van der Waals surface area contributed by atoms with Gasteiger partial charge in [0.15, 0.2) is 0 Å². The SMILES string of the molecule is COc1ccccc1-c1cc(-c2ccccc2)n(-c2ccccc2Cl)n1. The van der Waals surface area contributed by atoms with Crippen molar-refractivity contribution in [1.82, 2.24) is 9.78 Å². The molecule has 0 amide bonds. The van der Waals surface area contributed by atoms with E-state index in [9.17, 15) is 0 Å². The molecule has 0 atom stereocenters. The van der Waals surface area contributed by atoms with Gasteiger partial charge in [-0.15, -0.1) is 0 Å². The third-order valence-electron chi connectivity index (χ3n) is 4.24. The first-order valence-electron chi connectivity index (χ1n) is 8.31. The first kappa shape index (κ1) is 16.4. The maximum Gasteiger partial charge on any atom is 0.128 e. The Hall–Kier alpha value is -3.04. The Morgan fingerprint density at radius 3 is 2.31 bits per heavy atom. The van der Waals surface area contributed by atoms with Crippen LogP contribution >= 0.6 is 11.6 Å². The van der Waals surface area contributed by atoms with Gasteiger partial charge in [0.2, 0.25) is 0 Å². The van der Waals surface area contributed by atoms with E-state index >= 15 is 0 Å². The van der Waals surface area contributed by atoms with Crippen molar-refractivity contribution in [1.29, 1.82) is 0 Å². The molecule has 3 nitrogen and oxygen atoms in total. The summed E-state index contributed by atoms with van der Waals surface area (Å²) in [5.41, 5.74) is 4.66. The molecule has 0 fully saturated rings. The second kappa shape index (κ2) is 7.06. The molecule has 128 valence electrons. The highest BCUT2D eigenvalue weighted by Crippen LogP contribution is 2.34. The van der Waals surface area contributed by atoms with Crippen molar-refractivity contribution in [2.45, 2.75) is 0 Å². The Bertz CT molecular complexity index is 1040. The second-order valence-electron chi connectivity index (χ2n) is 5.84. The van der Waals surface area contributed by atoms with Crippen LogP contribution < -0.4 is 4.74 Å². The number of benzene rings is 3. The topological polar surface area (TPSA) is 27.1 Å². The van der Waals surface area contributed by atoms with Crippen molar-refractivity contribution in [3.05, 3.63) is 90.0 Å². The molecule has 0 radical (unpaired) electrons. The third-order valence-corrected chi connectivity index (χ3v) is 4.56. The predicted octanol–water partition coefficient (Wildman–Crippen LogP) is 5.87. The van der Waals surface area contributed by atoms with Crippen molar-refractivity contribution in [2.24, 2.45) is 0 Å². The Morgan fingerprint density at radius 2 is 1.54 bits per heavy atom. The molecule has 0 N–H and O–H groups in total. The zero-order valence-electron chi connectivity index (χ0n) is 14.3. The minimum atomic E-state index is 0.652. The third kappa shape index (κ3) is 2.98. The summed E-state index contributed by atoms with van der Waals surface area (Å²) in [5, 5.41) is 5.50. The molecule has 0 saturated heterocycles. The summed E-state index contributed by atoms with van der Waals surface area (Å²) in [6.07, 6.45) is 0. The van der Waals surface area contributed by atoms with E-state index in [4.69, 9.17) is 21.4 Å². The quantitative estimate of drug-likeness (QED) is 0.455. The molecule has 26 heavy (non-hydrogen) atoms. The normalized spacial score (nSPS) is 10.7. The largest absolute Gasteiger partial charge is 0.496 e. The van der Waals surface area contributed by atoms with Crippen LogP contribution in [0.25, 0.3) is 28.2 Å².